The van der Waals surface area contributed by atoms with Crippen LogP contribution >= 0.6 is 0 Å². The number of hydrogen-bond acceptors (Lipinski definition) is 4. The van der Waals surface area contributed by atoms with Gasteiger partial charge in [-0.2, -0.15) is 21.6 Å². The van der Waals surface area contributed by atoms with E-state index in [0.29, 0.717) is 5.56 Å². The first-order chi connectivity index (χ1) is 15.7. The molecule has 3 aromatic rings. The maximum Gasteiger partial charge on any atom is 3.00 e. The van der Waals surface area contributed by atoms with Crippen LogP contribution in [0, 0.1) is 14.4 Å². The van der Waals surface area contributed by atoms with Gasteiger partial charge in [0.15, 0.2) is 0 Å². The summed E-state index contributed by atoms with van der Waals surface area (Å²) in [5.41, 5.74) is 5.50. The van der Waals surface area contributed by atoms with Gasteiger partial charge in [-0.25, -0.2) is 8.42 Å². The number of hydrogen-bond donors (Lipinski definition) is 1. The van der Waals surface area contributed by atoms with Gasteiger partial charge in [-0.15, -0.1) is 12.1 Å². The minimum Gasteiger partial charge on any atom is -0.672 e. The molecule has 0 heterocycles. The summed E-state index contributed by atoms with van der Waals surface area (Å²) in [4.78, 5) is 0.143. The summed E-state index contributed by atoms with van der Waals surface area (Å²) in [6.45, 7) is 1.90. The van der Waals surface area contributed by atoms with E-state index in [1.807, 2.05) is 67.6 Å². The Morgan fingerprint density at radius 3 is 1.58 bits per heavy atom. The molecule has 0 aliphatic carbocycles. The Balaban J connectivity index is 0.00000107. The van der Waals surface area contributed by atoms with Crippen LogP contribution in [-0.2, 0) is 39.6 Å². The zero-order valence-corrected chi connectivity index (χ0v) is 22.4. The van der Waals surface area contributed by atoms with Crippen molar-refractivity contribution in [2.75, 3.05) is 0 Å². The van der Waals surface area contributed by atoms with Crippen LogP contribution < -0.4 is 0 Å². The van der Waals surface area contributed by atoms with Gasteiger partial charge in [0.2, 0.25) is 0 Å². The summed E-state index contributed by atoms with van der Waals surface area (Å²) >= 11 is 0. The van der Waals surface area contributed by atoms with Crippen LogP contribution in [0.2, 0.25) is 0 Å². The number of alkyl halides is 3. The number of benzene rings is 3. The van der Waals surface area contributed by atoms with Gasteiger partial charge in [0.05, 0.1) is 0 Å². The summed E-state index contributed by atoms with van der Waals surface area (Å²) in [5, 5.41) is 0. The molecule has 3 rings (SSSR count). The molecule has 0 bridgehead atoms. The first-order valence-electron chi connectivity index (χ1n) is 9.61. The molecule has 0 saturated heterocycles. The predicted octanol–water partition coefficient (Wildman–Crippen LogP) is 6.43. The van der Waals surface area contributed by atoms with E-state index in [0.717, 1.165) is 11.1 Å². The molecule has 0 aliphatic rings. The van der Waals surface area contributed by atoms with E-state index in [-0.39, 0.29) is 31.8 Å². The van der Waals surface area contributed by atoms with Crippen molar-refractivity contribution in [1.29, 1.82) is 0 Å². The van der Waals surface area contributed by atoms with Crippen molar-refractivity contribution in [2.45, 2.75) is 29.4 Å². The number of sulfonamides is 1. The van der Waals surface area contributed by atoms with Gasteiger partial charge in [-0.05, 0) is 19.1 Å². The SMILES string of the molecule is Cc1ccc(S(=O)(=O)[N-]C(c2ccccc2)[C@@H]([NH-])c2ccccc2)cc1.O=S(=O)(O)C(F)(F)F.[CH3-].[Ru+3]. The molecular weight excluding hydrogens is 606 g/mol. The Hall–Kier alpha value is -2.15. The van der Waals surface area contributed by atoms with Crippen LogP contribution in [0.1, 0.15) is 28.8 Å². The van der Waals surface area contributed by atoms with Gasteiger partial charge in [0, 0.05) is 4.90 Å². The largest absolute Gasteiger partial charge is 3.00 e. The summed E-state index contributed by atoms with van der Waals surface area (Å²) in [6.07, 6.45) is 0. The molecule has 3 aromatic carbocycles. The molecule has 0 aromatic heterocycles. The fourth-order valence-electron chi connectivity index (χ4n) is 2.73. The molecule has 1 unspecified atom stereocenters. The molecule has 1 radical (unpaired) electrons. The third-order valence-corrected chi connectivity index (χ3v) is 6.44. The van der Waals surface area contributed by atoms with Crippen LogP contribution in [0.15, 0.2) is 89.8 Å². The number of nitrogens with zero attached hydrogens (tertiary/aromatic N) is 1. The van der Waals surface area contributed by atoms with E-state index < -0.39 is 37.7 Å². The Kier molecular flexibility index (Phi) is 13.1. The van der Waals surface area contributed by atoms with Crippen molar-refractivity contribution in [1.82, 2.24) is 0 Å². The Bertz CT molecular complexity index is 1270. The first kappa shape index (κ1) is 33.9. The summed E-state index contributed by atoms with van der Waals surface area (Å²) in [6, 6.07) is 23.3. The van der Waals surface area contributed by atoms with Crippen LogP contribution in [0.25, 0.3) is 10.5 Å². The van der Waals surface area contributed by atoms with Gasteiger partial charge in [0.1, 0.15) is 10.0 Å². The minimum absolute atomic E-state index is 0. The second-order valence-corrected chi connectivity index (χ2v) is 10.1. The molecule has 7 nitrogen and oxygen atoms in total. The molecular formula is C23H24F3N2O5RuS2. The second kappa shape index (κ2) is 14.0. The fraction of sp³-hybridized carbons (Fsp3) is 0.174. The molecule has 0 fully saturated rings. The molecule has 2 atom stereocenters. The minimum atomic E-state index is -5.84. The Morgan fingerprint density at radius 1 is 0.806 bits per heavy atom. The van der Waals surface area contributed by atoms with E-state index in [4.69, 9.17) is 18.7 Å². The van der Waals surface area contributed by atoms with Gasteiger partial charge in [0.25, 0.3) is 0 Å². The van der Waals surface area contributed by atoms with Gasteiger partial charge in [-0.3, -0.25) is 4.55 Å². The molecule has 0 spiro atoms. The van der Waals surface area contributed by atoms with Gasteiger partial charge < -0.3 is 17.9 Å². The molecule has 0 aliphatic heterocycles. The van der Waals surface area contributed by atoms with Crippen molar-refractivity contribution in [3.63, 3.8) is 0 Å². The van der Waals surface area contributed by atoms with E-state index in [1.54, 1.807) is 24.3 Å². The maximum absolute atomic E-state index is 12.8. The van der Waals surface area contributed by atoms with Crippen molar-refractivity contribution < 1.29 is 54.0 Å². The van der Waals surface area contributed by atoms with E-state index in [9.17, 15) is 21.6 Å². The van der Waals surface area contributed by atoms with Crippen molar-refractivity contribution in [3.05, 3.63) is 120 Å². The first-order valence-corrected chi connectivity index (χ1v) is 12.5. The smallest absolute Gasteiger partial charge is 0.672 e. The zero-order chi connectivity index (χ0) is 25.6. The normalized spacial score (nSPS) is 13.2. The van der Waals surface area contributed by atoms with Crippen LogP contribution in [0.3, 0.4) is 0 Å². The average molecular weight is 631 g/mol. The molecule has 0 amide bonds. The maximum atomic E-state index is 12.8. The molecule has 13 heteroatoms. The van der Waals surface area contributed by atoms with Crippen molar-refractivity contribution in [2.24, 2.45) is 0 Å². The fourth-order valence-corrected chi connectivity index (χ4v) is 3.87. The summed E-state index contributed by atoms with van der Waals surface area (Å²) in [7, 11) is -9.71. The molecule has 197 valence electrons. The van der Waals surface area contributed by atoms with Crippen LogP contribution in [0.4, 0.5) is 13.2 Å². The average Bonchev–Trinajstić information content (AvgIpc) is 2.78. The van der Waals surface area contributed by atoms with Gasteiger partial charge >= 0.3 is 35.1 Å². The second-order valence-electron chi connectivity index (χ2n) is 7.06. The van der Waals surface area contributed by atoms with E-state index in [1.165, 1.54) is 0 Å². The number of rotatable bonds is 6. The quantitative estimate of drug-likeness (QED) is 0.145. The van der Waals surface area contributed by atoms with Crippen LogP contribution in [-0.4, -0.2) is 26.9 Å². The number of nitrogens with one attached hydrogen (secondary N) is 1. The number of aryl methyl sites for hydroxylation is 1. The Morgan fingerprint density at radius 2 is 1.19 bits per heavy atom. The molecule has 0 saturated carbocycles. The standard InChI is InChI=1S/C21H20N2O2S.CHF3O3S.CH3.Ru/c1-16-12-14-19(15-13-16)26(24,25)23-21(18-10-6-3-7-11-18)20(22)17-8-4-2-5-9-17;2-1(3,4)8(5,6)7;;/h2-15,20-22H,1H3;(H,5,6,7);1H3;/q-2;;-1;+3/t20-,21?;;;/m0.../s1. The van der Waals surface area contributed by atoms with Crippen molar-refractivity contribution >= 4 is 20.1 Å². The van der Waals surface area contributed by atoms with Crippen molar-refractivity contribution in [3.8, 4) is 0 Å². The van der Waals surface area contributed by atoms with E-state index >= 15 is 0 Å². The van der Waals surface area contributed by atoms with Gasteiger partial charge in [-0.1, -0.05) is 89.5 Å². The topological polar surface area (TPSA) is 126 Å². The Labute approximate surface area is 222 Å². The summed E-state index contributed by atoms with van der Waals surface area (Å²) < 4.78 is 87.3. The zero-order valence-electron chi connectivity index (χ0n) is 19.1. The number of halogens is 3. The predicted molar refractivity (Wildman–Crippen MR) is 128 cm³/mol. The monoisotopic (exact) mass is 631 g/mol. The third-order valence-electron chi connectivity index (χ3n) is 4.48. The summed E-state index contributed by atoms with van der Waals surface area (Å²) in [5.74, 6) is 0. The molecule has 2 N–H and O–H groups in total. The third kappa shape index (κ3) is 9.72. The molecule has 36 heavy (non-hydrogen) atoms. The van der Waals surface area contributed by atoms with E-state index in [2.05, 4.69) is 4.72 Å². The van der Waals surface area contributed by atoms with Crippen LogP contribution in [0.5, 0.6) is 0 Å².